The number of ether oxygens (including phenoxy) is 3. The summed E-state index contributed by atoms with van der Waals surface area (Å²) in [6.07, 6.45) is 2.24. The molecule has 0 unspecified atom stereocenters. The van der Waals surface area contributed by atoms with E-state index in [4.69, 9.17) is 49.0 Å². The Labute approximate surface area is 275 Å². The van der Waals surface area contributed by atoms with Crippen molar-refractivity contribution in [2.45, 2.75) is 72.8 Å². The Kier molecular flexibility index (Phi) is 9.49. The minimum absolute atomic E-state index is 0.0573. The highest BCUT2D eigenvalue weighted by molar-refractivity contribution is 6.42. The number of ketones is 2. The summed E-state index contributed by atoms with van der Waals surface area (Å²) < 4.78 is 17.7. The van der Waals surface area contributed by atoms with Crippen LogP contribution in [0.5, 0.6) is 11.5 Å². The van der Waals surface area contributed by atoms with Crippen molar-refractivity contribution in [2.24, 2.45) is 10.8 Å². The van der Waals surface area contributed by atoms with Gasteiger partial charge in [0.1, 0.15) is 6.61 Å². The summed E-state index contributed by atoms with van der Waals surface area (Å²) in [4.78, 5) is 30.4. The minimum atomic E-state index is -0.549. The number of hydrogen-bond acceptors (Lipinski definition) is 6. The van der Waals surface area contributed by atoms with E-state index >= 15 is 0 Å². The Morgan fingerprint density at radius 2 is 1.43 bits per heavy atom. The number of carbonyl (C=O) groups is 2. The molecule has 2 aromatic rings. The van der Waals surface area contributed by atoms with Crippen LogP contribution in [-0.4, -0.2) is 43.3 Å². The highest BCUT2D eigenvalue weighted by Gasteiger charge is 2.49. The van der Waals surface area contributed by atoms with Gasteiger partial charge in [0.2, 0.25) is 0 Å². The number of methoxy groups -OCH3 is 1. The molecule has 2 aliphatic carbocycles. The largest absolute Gasteiger partial charge is 0.490 e. The van der Waals surface area contributed by atoms with Gasteiger partial charge in [-0.2, -0.15) is 0 Å². The molecule has 44 heavy (non-hydrogen) atoms. The average Bonchev–Trinajstić information content (AvgIpc) is 2.91. The lowest BCUT2D eigenvalue weighted by molar-refractivity contribution is -0.119. The fourth-order valence-electron chi connectivity index (χ4n) is 6.78. The molecular weight excluding hydrogens is 621 g/mol. The van der Waals surface area contributed by atoms with Gasteiger partial charge < -0.3 is 19.1 Å². The Hall–Kier alpha value is -2.51. The van der Waals surface area contributed by atoms with E-state index in [1.54, 1.807) is 19.2 Å². The van der Waals surface area contributed by atoms with Crippen molar-refractivity contribution < 1.29 is 23.8 Å². The highest BCUT2D eigenvalue weighted by atomic mass is 35.5. The molecule has 2 aromatic carbocycles. The van der Waals surface area contributed by atoms with Crippen molar-refractivity contribution in [2.75, 3.05) is 26.9 Å². The third-order valence-electron chi connectivity index (χ3n) is 8.57. The van der Waals surface area contributed by atoms with Crippen LogP contribution in [0.25, 0.3) is 0 Å². The van der Waals surface area contributed by atoms with E-state index in [2.05, 4.69) is 32.6 Å². The number of halogens is 3. The lowest BCUT2D eigenvalue weighted by Gasteiger charge is -2.49. The Morgan fingerprint density at radius 1 is 0.818 bits per heavy atom. The first-order valence-electron chi connectivity index (χ1n) is 15.1. The van der Waals surface area contributed by atoms with Crippen LogP contribution in [0, 0.1) is 10.8 Å². The van der Waals surface area contributed by atoms with Gasteiger partial charge in [-0.05, 0) is 66.0 Å². The average molecular weight is 661 g/mol. The molecule has 0 spiro atoms. The molecule has 3 aliphatic rings. The number of allylic oxidation sites excluding steroid dienone is 4. The fraction of sp³-hybridized carbons (Fsp3) is 0.486. The molecule has 0 fully saturated rings. The number of benzene rings is 2. The molecule has 1 aliphatic heterocycles. The maximum atomic E-state index is 14.1. The number of rotatable bonds is 9. The lowest BCUT2D eigenvalue weighted by Crippen LogP contribution is -2.45. The van der Waals surface area contributed by atoms with E-state index in [-0.39, 0.29) is 29.0 Å². The second-order valence-electron chi connectivity index (χ2n) is 13.5. The summed E-state index contributed by atoms with van der Waals surface area (Å²) in [5, 5.41) is 1.24. The van der Waals surface area contributed by atoms with Crippen LogP contribution < -0.4 is 9.47 Å². The van der Waals surface area contributed by atoms with E-state index in [1.165, 1.54) is 0 Å². The van der Waals surface area contributed by atoms with Crippen molar-refractivity contribution in [1.82, 2.24) is 4.90 Å². The van der Waals surface area contributed by atoms with E-state index in [9.17, 15) is 9.59 Å². The summed E-state index contributed by atoms with van der Waals surface area (Å²) in [5.41, 5.74) is 4.44. The van der Waals surface area contributed by atoms with Gasteiger partial charge in [-0.15, -0.1) is 0 Å². The van der Waals surface area contributed by atoms with E-state index < -0.39 is 5.92 Å². The van der Waals surface area contributed by atoms with Gasteiger partial charge in [0.15, 0.2) is 23.1 Å². The maximum absolute atomic E-state index is 14.1. The summed E-state index contributed by atoms with van der Waals surface area (Å²) in [6, 6.07) is 9.00. The van der Waals surface area contributed by atoms with E-state index in [0.29, 0.717) is 70.3 Å². The monoisotopic (exact) mass is 659 g/mol. The topological polar surface area (TPSA) is 65.1 Å². The third-order valence-corrected chi connectivity index (χ3v) is 9.59. The predicted octanol–water partition coefficient (Wildman–Crippen LogP) is 8.96. The molecule has 9 heteroatoms. The van der Waals surface area contributed by atoms with Crippen LogP contribution >= 0.6 is 34.8 Å². The van der Waals surface area contributed by atoms with Crippen molar-refractivity contribution in [3.05, 3.63) is 79.1 Å². The van der Waals surface area contributed by atoms with Crippen LogP contribution in [0.2, 0.25) is 15.1 Å². The normalized spacial score (nSPS) is 19.7. The Balaban J connectivity index is 1.65. The number of nitrogens with zero attached hydrogens (tertiary/aromatic N) is 1. The van der Waals surface area contributed by atoms with Crippen LogP contribution in [0.15, 0.2) is 52.9 Å². The standard InChI is InChI=1S/C35H40Cl3NO5/c1-7-43-29-14-21(13-24(38)33(29)44-19-20-8-9-22(36)23(37)12-20)30-31-25(15-34(2,3)17-27(31)40)39(10-11-42-6)26-16-35(4,5)18-28(41)32(26)30/h8-9,12-14,30H,7,10-11,15-19H2,1-6H3. The summed E-state index contributed by atoms with van der Waals surface area (Å²) in [6.45, 7) is 12.0. The summed E-state index contributed by atoms with van der Waals surface area (Å²) in [7, 11) is 1.67. The molecule has 6 nitrogen and oxygen atoms in total. The van der Waals surface area contributed by atoms with Crippen molar-refractivity contribution in [1.29, 1.82) is 0 Å². The Bertz CT molecular complexity index is 1500. The molecule has 5 rings (SSSR count). The second kappa shape index (κ2) is 12.7. The zero-order valence-corrected chi connectivity index (χ0v) is 28.5. The first-order valence-corrected chi connectivity index (χ1v) is 16.2. The van der Waals surface area contributed by atoms with Gasteiger partial charge in [-0.3, -0.25) is 9.59 Å². The summed E-state index contributed by atoms with van der Waals surface area (Å²) >= 11 is 19.2. The molecule has 0 saturated carbocycles. The van der Waals surface area contributed by atoms with Crippen LogP contribution in [0.3, 0.4) is 0 Å². The van der Waals surface area contributed by atoms with E-state index in [0.717, 1.165) is 35.4 Å². The quantitative estimate of drug-likeness (QED) is 0.268. The van der Waals surface area contributed by atoms with Crippen molar-refractivity contribution in [3.63, 3.8) is 0 Å². The van der Waals surface area contributed by atoms with Gasteiger partial charge in [0, 0.05) is 55.0 Å². The van der Waals surface area contributed by atoms with Crippen LogP contribution in [-0.2, 0) is 20.9 Å². The number of Topliss-reactive ketones (excluding diaryl/α,β-unsaturated/α-hetero) is 2. The molecule has 0 bridgehead atoms. The Morgan fingerprint density at radius 3 is 1.98 bits per heavy atom. The molecule has 0 atom stereocenters. The third kappa shape index (κ3) is 6.55. The lowest BCUT2D eigenvalue weighted by atomic mass is 9.63. The van der Waals surface area contributed by atoms with Gasteiger partial charge in [0.05, 0.1) is 28.3 Å². The molecule has 0 aromatic heterocycles. The fourth-order valence-corrected chi connectivity index (χ4v) is 7.37. The molecular formula is C35H40Cl3NO5. The van der Waals surface area contributed by atoms with Crippen molar-refractivity contribution in [3.8, 4) is 11.5 Å². The molecule has 236 valence electrons. The van der Waals surface area contributed by atoms with Crippen LogP contribution in [0.4, 0.5) is 0 Å². The molecule has 0 radical (unpaired) electrons. The summed E-state index contributed by atoms with van der Waals surface area (Å²) in [5.74, 6) is 0.403. The smallest absolute Gasteiger partial charge is 0.180 e. The van der Waals surface area contributed by atoms with Gasteiger partial charge in [0.25, 0.3) is 0 Å². The number of carbonyl (C=O) groups excluding carboxylic acids is 2. The van der Waals surface area contributed by atoms with Gasteiger partial charge in [-0.25, -0.2) is 0 Å². The molecule has 1 heterocycles. The van der Waals surface area contributed by atoms with Crippen molar-refractivity contribution >= 4 is 46.4 Å². The second-order valence-corrected chi connectivity index (χ2v) is 14.7. The first kappa shape index (κ1) is 32.9. The zero-order chi connectivity index (χ0) is 32.0. The van der Waals surface area contributed by atoms with Gasteiger partial charge in [-0.1, -0.05) is 68.6 Å². The molecule has 0 N–H and O–H groups in total. The molecule has 0 saturated heterocycles. The molecule has 0 amide bonds. The first-order chi connectivity index (χ1) is 20.7. The highest BCUT2D eigenvalue weighted by Crippen LogP contribution is 2.55. The maximum Gasteiger partial charge on any atom is 0.180 e. The predicted molar refractivity (Wildman–Crippen MR) is 175 cm³/mol. The SMILES string of the molecule is CCOc1cc(C2C3=C(CC(C)(C)CC3=O)N(CCOC)C3=C2C(=O)CC(C)(C)C3)cc(Cl)c1OCc1ccc(Cl)c(Cl)c1. The van der Waals surface area contributed by atoms with Gasteiger partial charge >= 0.3 is 0 Å². The van der Waals surface area contributed by atoms with Crippen LogP contribution in [0.1, 0.15) is 77.3 Å². The van der Waals surface area contributed by atoms with E-state index in [1.807, 2.05) is 25.1 Å². The number of hydrogen-bond donors (Lipinski definition) is 0. The zero-order valence-electron chi connectivity index (χ0n) is 26.2. The minimum Gasteiger partial charge on any atom is -0.490 e.